The van der Waals surface area contributed by atoms with Crippen LogP contribution in [0.3, 0.4) is 0 Å². The van der Waals surface area contributed by atoms with Gasteiger partial charge >= 0.3 is 6.03 Å². The Balaban J connectivity index is 1.54. The van der Waals surface area contributed by atoms with Crippen LogP contribution in [0.4, 0.5) is 4.79 Å². The van der Waals surface area contributed by atoms with E-state index in [2.05, 4.69) is 22.8 Å². The summed E-state index contributed by atoms with van der Waals surface area (Å²) < 4.78 is 5.38. The normalized spacial score (nSPS) is 9.90. The van der Waals surface area contributed by atoms with Crippen LogP contribution in [-0.4, -0.2) is 19.3 Å². The van der Waals surface area contributed by atoms with Crippen molar-refractivity contribution < 1.29 is 9.53 Å². The van der Waals surface area contributed by atoms with Gasteiger partial charge < -0.3 is 15.4 Å². The van der Waals surface area contributed by atoms with Crippen LogP contribution in [0.25, 0.3) is 0 Å². The molecule has 110 valence electrons. The lowest BCUT2D eigenvalue weighted by Crippen LogP contribution is -2.38. The molecule has 4 nitrogen and oxygen atoms in total. The van der Waals surface area contributed by atoms with Crippen LogP contribution in [-0.2, 0) is 6.42 Å². The summed E-state index contributed by atoms with van der Waals surface area (Å²) in [6.07, 6.45) is 1.87. The third kappa shape index (κ3) is 5.99. The zero-order chi connectivity index (χ0) is 14.8. The molecule has 0 aliphatic carbocycles. The van der Waals surface area contributed by atoms with E-state index in [1.165, 1.54) is 5.56 Å². The van der Waals surface area contributed by atoms with Crippen molar-refractivity contribution in [3.63, 3.8) is 0 Å². The van der Waals surface area contributed by atoms with Crippen LogP contribution in [0.2, 0.25) is 0 Å². The molecule has 0 bridgehead atoms. The second-order valence-corrected chi connectivity index (χ2v) is 4.62. The second-order valence-electron chi connectivity index (χ2n) is 4.62. The van der Waals surface area contributed by atoms with E-state index < -0.39 is 0 Å². The minimum atomic E-state index is -0.209. The zero-order valence-corrected chi connectivity index (χ0v) is 11.9. The second kappa shape index (κ2) is 8.64. The maximum atomic E-state index is 11.5. The van der Waals surface area contributed by atoms with Crippen molar-refractivity contribution in [1.82, 2.24) is 10.6 Å². The number of benzene rings is 2. The number of amides is 2. The summed E-state index contributed by atoms with van der Waals surface area (Å²) in [5.74, 6) is 0.738. The van der Waals surface area contributed by atoms with E-state index in [1.807, 2.05) is 48.5 Å². The molecule has 0 radical (unpaired) electrons. The number of para-hydroxylation sites is 1. The molecule has 2 aromatic carbocycles. The number of ether oxygens (including phenoxy) is 1. The maximum absolute atomic E-state index is 11.5. The molecule has 0 aromatic heterocycles. The highest BCUT2D eigenvalue weighted by Crippen LogP contribution is 2.06. The van der Waals surface area contributed by atoms with Crippen LogP contribution in [0.1, 0.15) is 12.0 Å². The van der Waals surface area contributed by atoms with Crippen LogP contribution in [0.5, 0.6) is 5.75 Å². The van der Waals surface area contributed by atoms with Crippen molar-refractivity contribution in [2.75, 3.05) is 13.3 Å². The van der Waals surface area contributed by atoms with E-state index in [4.69, 9.17) is 4.74 Å². The molecule has 2 N–H and O–H groups in total. The van der Waals surface area contributed by atoms with Crippen LogP contribution in [0, 0.1) is 0 Å². The summed E-state index contributed by atoms with van der Waals surface area (Å²) in [5, 5.41) is 5.47. The largest absolute Gasteiger partial charge is 0.473 e. The summed E-state index contributed by atoms with van der Waals surface area (Å²) >= 11 is 0. The standard InChI is InChI=1S/C17H20N2O2/c20-17(19-14-21-16-11-5-2-6-12-16)18-13-7-10-15-8-3-1-4-9-15/h1-6,8-9,11-12H,7,10,13-14H2,(H2,18,19,20). The Bertz CT molecular complexity index is 529. The number of hydrogen-bond acceptors (Lipinski definition) is 2. The molecule has 0 heterocycles. The van der Waals surface area contributed by atoms with Gasteiger partial charge in [0, 0.05) is 6.54 Å². The fourth-order valence-electron chi connectivity index (χ4n) is 1.90. The highest BCUT2D eigenvalue weighted by molar-refractivity contribution is 5.73. The van der Waals surface area contributed by atoms with Gasteiger partial charge in [0.05, 0.1) is 0 Å². The Morgan fingerprint density at radius 2 is 1.57 bits per heavy atom. The third-order valence-electron chi connectivity index (χ3n) is 2.99. The Morgan fingerprint density at radius 3 is 2.29 bits per heavy atom. The van der Waals surface area contributed by atoms with Gasteiger partial charge in [0.25, 0.3) is 0 Å². The Morgan fingerprint density at radius 1 is 0.905 bits per heavy atom. The molecule has 2 aromatic rings. The molecule has 2 rings (SSSR count). The van der Waals surface area contributed by atoms with Crippen molar-refractivity contribution in [1.29, 1.82) is 0 Å². The smallest absolute Gasteiger partial charge is 0.317 e. The summed E-state index contributed by atoms with van der Waals surface area (Å²) in [6.45, 7) is 0.806. The minimum absolute atomic E-state index is 0.161. The van der Waals surface area contributed by atoms with Gasteiger partial charge in [-0.2, -0.15) is 0 Å². The number of carbonyl (C=O) groups is 1. The van der Waals surface area contributed by atoms with Gasteiger partial charge in [0.2, 0.25) is 0 Å². The van der Waals surface area contributed by atoms with Gasteiger partial charge in [0.15, 0.2) is 6.73 Å². The van der Waals surface area contributed by atoms with Crippen LogP contribution in [0.15, 0.2) is 60.7 Å². The lowest BCUT2D eigenvalue weighted by Gasteiger charge is -2.09. The molecule has 0 saturated carbocycles. The van der Waals surface area contributed by atoms with Crippen molar-refractivity contribution in [3.05, 3.63) is 66.2 Å². The molecule has 0 unspecified atom stereocenters. The van der Waals surface area contributed by atoms with E-state index in [0.717, 1.165) is 18.6 Å². The molecule has 0 aliphatic heterocycles. The average Bonchev–Trinajstić information content (AvgIpc) is 2.54. The maximum Gasteiger partial charge on any atom is 0.317 e. The Hall–Kier alpha value is -2.49. The molecule has 0 atom stereocenters. The number of hydrogen-bond donors (Lipinski definition) is 2. The predicted octanol–water partition coefficient (Wildman–Crippen LogP) is 2.95. The fraction of sp³-hybridized carbons (Fsp3) is 0.235. The number of urea groups is 1. The first-order valence-electron chi connectivity index (χ1n) is 7.08. The van der Waals surface area contributed by atoms with Crippen LogP contribution >= 0.6 is 0 Å². The number of nitrogens with one attached hydrogen (secondary N) is 2. The molecule has 21 heavy (non-hydrogen) atoms. The van der Waals surface area contributed by atoms with Crippen molar-refractivity contribution in [3.8, 4) is 5.75 Å². The topological polar surface area (TPSA) is 50.4 Å². The first-order valence-corrected chi connectivity index (χ1v) is 7.08. The molecular weight excluding hydrogens is 264 g/mol. The summed E-state index contributed by atoms with van der Waals surface area (Å²) in [6, 6.07) is 19.4. The molecule has 0 saturated heterocycles. The van der Waals surface area contributed by atoms with Gasteiger partial charge in [-0.05, 0) is 30.5 Å². The first kappa shape index (κ1) is 14.9. The number of carbonyl (C=O) groups excluding carboxylic acids is 1. The van der Waals surface area contributed by atoms with Crippen molar-refractivity contribution in [2.24, 2.45) is 0 Å². The summed E-state index contributed by atoms with van der Waals surface area (Å²) in [7, 11) is 0. The lowest BCUT2D eigenvalue weighted by atomic mass is 10.1. The van der Waals surface area contributed by atoms with Crippen molar-refractivity contribution >= 4 is 6.03 Å². The lowest BCUT2D eigenvalue weighted by molar-refractivity contribution is 0.224. The molecular formula is C17H20N2O2. The summed E-state index contributed by atoms with van der Waals surface area (Å²) in [5.41, 5.74) is 1.28. The number of aryl methyl sites for hydroxylation is 1. The van der Waals surface area contributed by atoms with E-state index in [9.17, 15) is 4.79 Å². The number of rotatable bonds is 7. The molecule has 0 fully saturated rings. The highest BCUT2D eigenvalue weighted by Gasteiger charge is 1.99. The highest BCUT2D eigenvalue weighted by atomic mass is 16.5. The SMILES string of the molecule is O=C(NCCCc1ccccc1)NCOc1ccccc1. The van der Waals surface area contributed by atoms with E-state index in [-0.39, 0.29) is 12.8 Å². The predicted molar refractivity (Wildman–Crippen MR) is 83.2 cm³/mol. The van der Waals surface area contributed by atoms with E-state index in [1.54, 1.807) is 0 Å². The first-order chi connectivity index (χ1) is 10.3. The van der Waals surface area contributed by atoms with Crippen LogP contribution < -0.4 is 15.4 Å². The van der Waals surface area contributed by atoms with Crippen molar-refractivity contribution in [2.45, 2.75) is 12.8 Å². The van der Waals surface area contributed by atoms with Gasteiger partial charge in [-0.3, -0.25) is 0 Å². The van der Waals surface area contributed by atoms with E-state index in [0.29, 0.717) is 6.54 Å². The molecule has 0 spiro atoms. The van der Waals surface area contributed by atoms with Gasteiger partial charge in [-0.25, -0.2) is 4.79 Å². The minimum Gasteiger partial charge on any atom is -0.473 e. The third-order valence-corrected chi connectivity index (χ3v) is 2.99. The monoisotopic (exact) mass is 284 g/mol. The molecule has 2 amide bonds. The Labute approximate surface area is 125 Å². The quantitative estimate of drug-likeness (QED) is 0.606. The summed E-state index contributed by atoms with van der Waals surface area (Å²) in [4.78, 5) is 11.5. The van der Waals surface area contributed by atoms with Gasteiger partial charge in [-0.15, -0.1) is 0 Å². The molecule has 4 heteroatoms. The fourth-order valence-corrected chi connectivity index (χ4v) is 1.90. The van der Waals surface area contributed by atoms with Gasteiger partial charge in [0.1, 0.15) is 5.75 Å². The molecule has 0 aliphatic rings. The van der Waals surface area contributed by atoms with E-state index >= 15 is 0 Å². The van der Waals surface area contributed by atoms with Gasteiger partial charge in [-0.1, -0.05) is 48.5 Å². The Kier molecular flexibility index (Phi) is 6.13. The zero-order valence-electron chi connectivity index (χ0n) is 11.9. The average molecular weight is 284 g/mol.